The highest BCUT2D eigenvalue weighted by Gasteiger charge is 2.35. The monoisotopic (exact) mass is 293 g/mol. The Kier molecular flexibility index (Phi) is 5.86. The van der Waals surface area contributed by atoms with Crippen LogP contribution in [-0.4, -0.2) is 60.3 Å². The highest BCUT2D eigenvalue weighted by molar-refractivity contribution is 5.74. The second-order valence-electron chi connectivity index (χ2n) is 5.26. The van der Waals surface area contributed by atoms with Crippen LogP contribution in [0, 0.1) is 0 Å². The van der Waals surface area contributed by atoms with Crippen LogP contribution in [0.15, 0.2) is 12.7 Å². The van der Waals surface area contributed by atoms with Crippen LogP contribution in [0.2, 0.25) is 0 Å². The Balaban J connectivity index is 2.46. The average Bonchev–Trinajstić information content (AvgIpc) is 2.30. The standard InChI is InChI=1S/C13H22F3N3O/c1-4-5-10(2)17-12(20)18-6-7-19(11(3)8-18)9-13(14,15)16/h4,10-11H,1,5-9H2,2-3H3,(H,17,20)/t10-,11-/m1/s1. The van der Waals surface area contributed by atoms with E-state index in [2.05, 4.69) is 11.9 Å². The second-order valence-corrected chi connectivity index (χ2v) is 5.26. The van der Waals surface area contributed by atoms with Crippen LogP contribution in [0.25, 0.3) is 0 Å². The number of alkyl halides is 3. The summed E-state index contributed by atoms with van der Waals surface area (Å²) in [5.74, 6) is 0. The summed E-state index contributed by atoms with van der Waals surface area (Å²) in [6.07, 6.45) is -1.82. The molecule has 0 unspecified atom stereocenters. The van der Waals surface area contributed by atoms with Crippen molar-refractivity contribution in [1.82, 2.24) is 15.1 Å². The SMILES string of the molecule is C=CC[C@@H](C)NC(=O)N1CCN(CC(F)(F)F)[C@H](C)C1. The molecular formula is C13H22F3N3O. The number of hydrogen-bond acceptors (Lipinski definition) is 2. The van der Waals surface area contributed by atoms with Gasteiger partial charge in [-0.25, -0.2) is 4.79 Å². The van der Waals surface area contributed by atoms with Crippen LogP contribution < -0.4 is 5.32 Å². The van der Waals surface area contributed by atoms with E-state index >= 15 is 0 Å². The van der Waals surface area contributed by atoms with Crippen LogP contribution in [-0.2, 0) is 0 Å². The topological polar surface area (TPSA) is 35.6 Å². The molecule has 20 heavy (non-hydrogen) atoms. The van der Waals surface area contributed by atoms with E-state index in [0.717, 1.165) is 0 Å². The molecule has 0 bridgehead atoms. The van der Waals surface area contributed by atoms with Gasteiger partial charge >= 0.3 is 12.2 Å². The molecule has 0 aromatic rings. The minimum Gasteiger partial charge on any atom is -0.335 e. The molecule has 1 rings (SSSR count). The van der Waals surface area contributed by atoms with Crippen molar-refractivity contribution in [2.75, 3.05) is 26.2 Å². The molecule has 0 aliphatic carbocycles. The molecule has 1 aliphatic heterocycles. The highest BCUT2D eigenvalue weighted by atomic mass is 19.4. The molecule has 1 N–H and O–H groups in total. The van der Waals surface area contributed by atoms with Gasteiger partial charge in [0.2, 0.25) is 0 Å². The third kappa shape index (κ3) is 5.40. The second kappa shape index (κ2) is 6.97. The first-order chi connectivity index (χ1) is 9.23. The lowest BCUT2D eigenvalue weighted by atomic mass is 10.2. The molecule has 116 valence electrons. The van der Waals surface area contributed by atoms with Gasteiger partial charge in [0, 0.05) is 31.7 Å². The van der Waals surface area contributed by atoms with Crippen LogP contribution in [0.5, 0.6) is 0 Å². The van der Waals surface area contributed by atoms with Gasteiger partial charge < -0.3 is 10.2 Å². The number of nitrogens with one attached hydrogen (secondary N) is 1. The zero-order valence-corrected chi connectivity index (χ0v) is 11.9. The molecular weight excluding hydrogens is 271 g/mol. The summed E-state index contributed by atoms with van der Waals surface area (Å²) in [4.78, 5) is 14.9. The van der Waals surface area contributed by atoms with Crippen molar-refractivity contribution in [3.05, 3.63) is 12.7 Å². The lowest BCUT2D eigenvalue weighted by Crippen LogP contribution is -2.58. The van der Waals surface area contributed by atoms with E-state index in [9.17, 15) is 18.0 Å². The Morgan fingerprint density at radius 3 is 2.65 bits per heavy atom. The molecule has 7 heteroatoms. The summed E-state index contributed by atoms with van der Waals surface area (Å²) in [5.41, 5.74) is 0. The molecule has 1 fully saturated rings. The smallest absolute Gasteiger partial charge is 0.335 e. The first kappa shape index (κ1) is 16.8. The fourth-order valence-electron chi connectivity index (χ4n) is 2.26. The average molecular weight is 293 g/mol. The van der Waals surface area contributed by atoms with Gasteiger partial charge in [0.25, 0.3) is 0 Å². The van der Waals surface area contributed by atoms with E-state index in [1.165, 1.54) is 4.90 Å². The minimum atomic E-state index is -4.20. The van der Waals surface area contributed by atoms with Gasteiger partial charge in [0.15, 0.2) is 0 Å². The van der Waals surface area contributed by atoms with Crippen LogP contribution in [0.1, 0.15) is 20.3 Å². The molecule has 1 heterocycles. The Hall–Kier alpha value is -1.24. The number of amides is 2. The van der Waals surface area contributed by atoms with E-state index in [0.29, 0.717) is 19.5 Å². The van der Waals surface area contributed by atoms with Gasteiger partial charge in [-0.2, -0.15) is 13.2 Å². The number of rotatable bonds is 4. The van der Waals surface area contributed by atoms with Crippen molar-refractivity contribution in [2.24, 2.45) is 0 Å². The number of carbonyl (C=O) groups excluding carboxylic acids is 1. The van der Waals surface area contributed by atoms with Crippen molar-refractivity contribution >= 4 is 6.03 Å². The van der Waals surface area contributed by atoms with E-state index in [-0.39, 0.29) is 24.7 Å². The molecule has 0 aromatic carbocycles. The van der Waals surface area contributed by atoms with E-state index < -0.39 is 12.7 Å². The molecule has 1 aliphatic rings. The van der Waals surface area contributed by atoms with Crippen molar-refractivity contribution < 1.29 is 18.0 Å². The Morgan fingerprint density at radius 2 is 2.15 bits per heavy atom. The van der Waals surface area contributed by atoms with Crippen molar-refractivity contribution in [2.45, 2.75) is 38.5 Å². The summed E-state index contributed by atoms with van der Waals surface area (Å²) in [5, 5.41) is 2.81. The zero-order valence-electron chi connectivity index (χ0n) is 11.9. The van der Waals surface area contributed by atoms with E-state index in [1.807, 2.05) is 6.92 Å². The number of nitrogens with zero attached hydrogens (tertiary/aromatic N) is 2. The molecule has 2 atom stereocenters. The molecule has 4 nitrogen and oxygen atoms in total. The molecule has 0 spiro atoms. The van der Waals surface area contributed by atoms with E-state index in [1.54, 1.807) is 17.9 Å². The van der Waals surface area contributed by atoms with Gasteiger partial charge in [0.05, 0.1) is 6.54 Å². The van der Waals surface area contributed by atoms with E-state index in [4.69, 9.17) is 0 Å². The summed E-state index contributed by atoms with van der Waals surface area (Å²) >= 11 is 0. The molecule has 0 aromatic heterocycles. The fourth-order valence-corrected chi connectivity index (χ4v) is 2.26. The van der Waals surface area contributed by atoms with Gasteiger partial charge in [-0.3, -0.25) is 4.90 Å². The Labute approximate surface area is 117 Å². The Morgan fingerprint density at radius 1 is 1.50 bits per heavy atom. The number of urea groups is 1. The molecule has 0 radical (unpaired) electrons. The Bertz CT molecular complexity index is 346. The summed E-state index contributed by atoms with van der Waals surface area (Å²) in [6.45, 7) is 7.11. The largest absolute Gasteiger partial charge is 0.401 e. The first-order valence-electron chi connectivity index (χ1n) is 6.70. The van der Waals surface area contributed by atoms with Gasteiger partial charge in [0.1, 0.15) is 0 Å². The summed E-state index contributed by atoms with van der Waals surface area (Å²) in [7, 11) is 0. The fraction of sp³-hybridized carbons (Fsp3) is 0.769. The summed E-state index contributed by atoms with van der Waals surface area (Å²) < 4.78 is 37.1. The third-order valence-corrected chi connectivity index (χ3v) is 3.32. The van der Waals surface area contributed by atoms with Crippen LogP contribution in [0.4, 0.5) is 18.0 Å². The van der Waals surface area contributed by atoms with Gasteiger partial charge in [-0.05, 0) is 20.3 Å². The molecule has 0 saturated carbocycles. The third-order valence-electron chi connectivity index (χ3n) is 3.32. The lowest BCUT2D eigenvalue weighted by Gasteiger charge is -2.40. The van der Waals surface area contributed by atoms with Crippen LogP contribution >= 0.6 is 0 Å². The van der Waals surface area contributed by atoms with Gasteiger partial charge in [-0.15, -0.1) is 6.58 Å². The van der Waals surface area contributed by atoms with Crippen molar-refractivity contribution in [3.8, 4) is 0 Å². The maximum Gasteiger partial charge on any atom is 0.401 e. The number of hydrogen-bond donors (Lipinski definition) is 1. The predicted octanol–water partition coefficient (Wildman–Crippen LogP) is 2.23. The number of halogens is 3. The summed E-state index contributed by atoms with van der Waals surface area (Å²) in [6, 6.07) is -0.549. The molecule has 1 saturated heterocycles. The first-order valence-corrected chi connectivity index (χ1v) is 6.70. The normalized spacial score (nSPS) is 22.4. The van der Waals surface area contributed by atoms with Crippen molar-refractivity contribution in [3.63, 3.8) is 0 Å². The van der Waals surface area contributed by atoms with Crippen LogP contribution in [0.3, 0.4) is 0 Å². The minimum absolute atomic E-state index is 0.0245. The van der Waals surface area contributed by atoms with Crippen molar-refractivity contribution in [1.29, 1.82) is 0 Å². The predicted molar refractivity (Wildman–Crippen MR) is 71.5 cm³/mol. The highest BCUT2D eigenvalue weighted by Crippen LogP contribution is 2.20. The molecule has 2 amide bonds. The maximum atomic E-state index is 12.4. The van der Waals surface area contributed by atoms with Gasteiger partial charge in [-0.1, -0.05) is 6.08 Å². The number of piperazine rings is 1. The lowest BCUT2D eigenvalue weighted by molar-refractivity contribution is -0.153. The quantitative estimate of drug-likeness (QED) is 0.807. The maximum absolute atomic E-state index is 12.4. The zero-order chi connectivity index (χ0) is 15.3. The number of carbonyl (C=O) groups is 1.